The first kappa shape index (κ1) is 14.3. The van der Waals surface area contributed by atoms with Gasteiger partial charge in [-0.3, -0.25) is 4.79 Å². The van der Waals surface area contributed by atoms with Gasteiger partial charge in [0.05, 0.1) is 20.1 Å². The Morgan fingerprint density at radius 2 is 2.17 bits per heavy atom. The molecule has 5 heteroatoms. The summed E-state index contributed by atoms with van der Waals surface area (Å²) in [4.78, 5) is 17.5. The quantitative estimate of drug-likeness (QED) is 0.693. The maximum absolute atomic E-state index is 11.1. The van der Waals surface area contributed by atoms with E-state index in [0.717, 1.165) is 12.4 Å². The molecule has 0 atom stereocenters. The van der Waals surface area contributed by atoms with E-state index >= 15 is 0 Å². The molecule has 1 aromatic rings. The second-order valence-corrected chi connectivity index (χ2v) is 3.67. The lowest BCUT2D eigenvalue weighted by molar-refractivity contribution is -0.140. The number of anilines is 1. The highest BCUT2D eigenvalue weighted by Crippen LogP contribution is 2.16. The van der Waals surface area contributed by atoms with Crippen LogP contribution < -0.4 is 9.64 Å². The van der Waals surface area contributed by atoms with Gasteiger partial charge in [-0.2, -0.15) is 4.98 Å². The van der Waals surface area contributed by atoms with Crippen molar-refractivity contribution in [2.45, 2.75) is 20.3 Å². The molecule has 100 valence electrons. The number of ether oxygens (including phenoxy) is 2. The van der Waals surface area contributed by atoms with E-state index in [0.29, 0.717) is 25.5 Å². The molecular weight excluding hydrogens is 232 g/mol. The van der Waals surface area contributed by atoms with Crippen LogP contribution in [0.2, 0.25) is 0 Å². The van der Waals surface area contributed by atoms with Crippen molar-refractivity contribution in [2.24, 2.45) is 0 Å². The fourth-order valence-electron chi connectivity index (χ4n) is 1.57. The van der Waals surface area contributed by atoms with E-state index in [1.54, 1.807) is 0 Å². The second-order valence-electron chi connectivity index (χ2n) is 3.67. The van der Waals surface area contributed by atoms with Gasteiger partial charge in [0.25, 0.3) is 0 Å². The minimum atomic E-state index is -0.214. The predicted molar refractivity (Wildman–Crippen MR) is 69.9 cm³/mol. The van der Waals surface area contributed by atoms with Crippen molar-refractivity contribution >= 4 is 11.8 Å². The van der Waals surface area contributed by atoms with Crippen LogP contribution in [-0.2, 0) is 9.53 Å². The molecule has 0 saturated heterocycles. The molecule has 18 heavy (non-hydrogen) atoms. The Morgan fingerprint density at radius 3 is 2.78 bits per heavy atom. The smallest absolute Gasteiger partial charge is 0.307 e. The van der Waals surface area contributed by atoms with Crippen molar-refractivity contribution in [3.05, 3.63) is 18.2 Å². The molecule has 0 bridgehead atoms. The summed E-state index contributed by atoms with van der Waals surface area (Å²) in [5.41, 5.74) is 0. The maximum Gasteiger partial charge on any atom is 0.307 e. The maximum atomic E-state index is 11.1. The van der Waals surface area contributed by atoms with Gasteiger partial charge in [0.2, 0.25) is 5.88 Å². The molecule has 0 aliphatic heterocycles. The molecule has 0 radical (unpaired) electrons. The Bertz CT molecular complexity index is 382. The molecule has 1 heterocycles. The first-order chi connectivity index (χ1) is 8.71. The van der Waals surface area contributed by atoms with Crippen LogP contribution in [0.1, 0.15) is 20.3 Å². The third-order valence-electron chi connectivity index (χ3n) is 2.52. The molecule has 0 N–H and O–H groups in total. The monoisotopic (exact) mass is 252 g/mol. The normalized spacial score (nSPS) is 9.94. The topological polar surface area (TPSA) is 51.7 Å². The van der Waals surface area contributed by atoms with Gasteiger partial charge in [-0.05, 0) is 19.9 Å². The van der Waals surface area contributed by atoms with Crippen LogP contribution in [0.3, 0.4) is 0 Å². The Morgan fingerprint density at radius 1 is 1.39 bits per heavy atom. The first-order valence-electron chi connectivity index (χ1n) is 6.12. The molecule has 1 aromatic heterocycles. The first-order valence-corrected chi connectivity index (χ1v) is 6.12. The summed E-state index contributed by atoms with van der Waals surface area (Å²) >= 11 is 0. The van der Waals surface area contributed by atoms with Crippen LogP contribution in [0.25, 0.3) is 0 Å². The van der Waals surface area contributed by atoms with Gasteiger partial charge >= 0.3 is 5.97 Å². The van der Waals surface area contributed by atoms with Gasteiger partial charge in [0, 0.05) is 19.2 Å². The molecule has 5 nitrogen and oxygen atoms in total. The molecule has 1 rings (SSSR count). The van der Waals surface area contributed by atoms with Gasteiger partial charge in [-0.25, -0.2) is 0 Å². The zero-order valence-electron chi connectivity index (χ0n) is 11.2. The van der Waals surface area contributed by atoms with Crippen LogP contribution >= 0.6 is 0 Å². The minimum absolute atomic E-state index is 0.214. The van der Waals surface area contributed by atoms with Crippen molar-refractivity contribution in [2.75, 3.05) is 31.7 Å². The van der Waals surface area contributed by atoms with Gasteiger partial charge < -0.3 is 14.4 Å². The zero-order valence-corrected chi connectivity index (χ0v) is 11.2. The second kappa shape index (κ2) is 7.53. The predicted octanol–water partition coefficient (Wildman–Crippen LogP) is 1.87. The number of methoxy groups -OCH3 is 1. The Labute approximate surface area is 108 Å². The molecule has 0 saturated carbocycles. The van der Waals surface area contributed by atoms with E-state index in [4.69, 9.17) is 4.74 Å². The lowest BCUT2D eigenvalue weighted by Gasteiger charge is -2.21. The van der Waals surface area contributed by atoms with Gasteiger partial charge in [-0.15, -0.1) is 0 Å². The summed E-state index contributed by atoms with van der Waals surface area (Å²) in [5.74, 6) is 1.20. The lowest BCUT2D eigenvalue weighted by atomic mass is 10.3. The van der Waals surface area contributed by atoms with E-state index in [1.165, 1.54) is 7.11 Å². The molecule has 0 aromatic carbocycles. The molecule has 0 amide bonds. The number of pyridine rings is 1. The average molecular weight is 252 g/mol. The molecule has 0 spiro atoms. The van der Waals surface area contributed by atoms with E-state index < -0.39 is 0 Å². The molecule has 0 aliphatic carbocycles. The number of nitrogens with zero attached hydrogens (tertiary/aromatic N) is 2. The third kappa shape index (κ3) is 4.24. The van der Waals surface area contributed by atoms with Gasteiger partial charge in [-0.1, -0.05) is 6.07 Å². The fraction of sp³-hybridized carbons (Fsp3) is 0.538. The summed E-state index contributed by atoms with van der Waals surface area (Å²) in [7, 11) is 1.40. The number of aromatic nitrogens is 1. The van der Waals surface area contributed by atoms with Crippen LogP contribution in [-0.4, -0.2) is 37.8 Å². The van der Waals surface area contributed by atoms with Crippen LogP contribution in [0.5, 0.6) is 5.88 Å². The van der Waals surface area contributed by atoms with Crippen molar-refractivity contribution in [3.63, 3.8) is 0 Å². The zero-order chi connectivity index (χ0) is 13.4. The molecular formula is C13H20N2O3. The number of esters is 1. The van der Waals surface area contributed by atoms with Gasteiger partial charge in [0.1, 0.15) is 5.82 Å². The number of rotatable bonds is 7. The summed E-state index contributed by atoms with van der Waals surface area (Å²) in [6.07, 6.45) is 0.352. The largest absolute Gasteiger partial charge is 0.478 e. The highest BCUT2D eigenvalue weighted by atomic mass is 16.5. The molecule has 0 aliphatic rings. The Balaban J connectivity index is 2.68. The van der Waals surface area contributed by atoms with Gasteiger partial charge in [0.15, 0.2) is 0 Å². The summed E-state index contributed by atoms with van der Waals surface area (Å²) in [5, 5.41) is 0. The van der Waals surface area contributed by atoms with Crippen molar-refractivity contribution in [1.29, 1.82) is 0 Å². The van der Waals surface area contributed by atoms with E-state index in [-0.39, 0.29) is 5.97 Å². The fourth-order valence-corrected chi connectivity index (χ4v) is 1.57. The molecule has 0 unspecified atom stereocenters. The minimum Gasteiger partial charge on any atom is -0.478 e. The highest BCUT2D eigenvalue weighted by Gasteiger charge is 2.09. The molecule has 0 fully saturated rings. The van der Waals surface area contributed by atoms with Crippen LogP contribution in [0.15, 0.2) is 18.2 Å². The number of hydrogen-bond acceptors (Lipinski definition) is 5. The SMILES string of the molecule is CCOc1cccc(N(CC)CCC(=O)OC)n1. The number of hydrogen-bond donors (Lipinski definition) is 0. The highest BCUT2D eigenvalue weighted by molar-refractivity contribution is 5.69. The standard InChI is InChI=1S/C13H20N2O3/c1-4-15(10-9-13(16)17-3)11-7-6-8-12(14-11)18-5-2/h6-8H,4-5,9-10H2,1-3H3. The third-order valence-corrected chi connectivity index (χ3v) is 2.52. The van der Waals surface area contributed by atoms with E-state index in [9.17, 15) is 4.79 Å². The Hall–Kier alpha value is -1.78. The lowest BCUT2D eigenvalue weighted by Crippen LogP contribution is -2.27. The van der Waals surface area contributed by atoms with E-state index in [1.807, 2.05) is 36.9 Å². The van der Waals surface area contributed by atoms with Crippen molar-refractivity contribution < 1.29 is 14.3 Å². The Kier molecular flexibility index (Phi) is 5.97. The van der Waals surface area contributed by atoms with Crippen LogP contribution in [0, 0.1) is 0 Å². The number of carbonyl (C=O) groups excluding carboxylic acids is 1. The number of carbonyl (C=O) groups is 1. The summed E-state index contributed by atoms with van der Waals surface area (Å²) in [6.45, 7) is 5.89. The van der Waals surface area contributed by atoms with Crippen LogP contribution in [0.4, 0.5) is 5.82 Å². The van der Waals surface area contributed by atoms with Crippen molar-refractivity contribution in [1.82, 2.24) is 4.98 Å². The van der Waals surface area contributed by atoms with E-state index in [2.05, 4.69) is 9.72 Å². The van der Waals surface area contributed by atoms with Crippen molar-refractivity contribution in [3.8, 4) is 5.88 Å². The average Bonchev–Trinajstić information content (AvgIpc) is 2.40. The summed E-state index contributed by atoms with van der Waals surface area (Å²) in [6, 6.07) is 5.62. The summed E-state index contributed by atoms with van der Waals surface area (Å²) < 4.78 is 9.99.